The molecule has 0 aliphatic carbocycles. The molecule has 0 bridgehead atoms. The first-order chi connectivity index (χ1) is 9.79. The number of nitro benzene ring substituents is 1. The molecule has 0 radical (unpaired) electrons. The van der Waals surface area contributed by atoms with Gasteiger partial charge in [-0.15, -0.1) is 0 Å². The number of rotatable bonds is 4. The summed E-state index contributed by atoms with van der Waals surface area (Å²) in [6.07, 6.45) is 0. The van der Waals surface area contributed by atoms with E-state index in [0.717, 1.165) is 24.3 Å². The van der Waals surface area contributed by atoms with Gasteiger partial charge in [-0.1, -0.05) is 0 Å². The third-order valence-electron chi connectivity index (χ3n) is 2.52. The lowest BCUT2D eigenvalue weighted by atomic mass is 10.3. The molecule has 0 saturated heterocycles. The number of nitrogens with zero attached hydrogens (tertiary/aromatic N) is 1. The molecule has 2 aromatic rings. The van der Waals surface area contributed by atoms with Crippen molar-refractivity contribution in [3.8, 4) is 0 Å². The maximum absolute atomic E-state index is 13.4. The second kappa shape index (κ2) is 5.44. The molecule has 2 aromatic carbocycles. The van der Waals surface area contributed by atoms with Crippen LogP contribution in [0.25, 0.3) is 0 Å². The van der Waals surface area contributed by atoms with Gasteiger partial charge in [-0.2, -0.15) is 4.39 Å². The highest BCUT2D eigenvalue weighted by molar-refractivity contribution is 7.92. The molecular weight excluding hydrogens is 306 g/mol. The number of hydrogen-bond acceptors (Lipinski definition) is 4. The second-order valence-electron chi connectivity index (χ2n) is 3.98. The van der Waals surface area contributed by atoms with Gasteiger partial charge in [0, 0.05) is 17.8 Å². The summed E-state index contributed by atoms with van der Waals surface area (Å²) in [5.74, 6) is -1.80. The molecule has 0 fully saturated rings. The van der Waals surface area contributed by atoms with Crippen molar-refractivity contribution in [2.45, 2.75) is 4.90 Å². The maximum Gasteiger partial charge on any atom is 0.304 e. The maximum atomic E-state index is 13.4. The van der Waals surface area contributed by atoms with E-state index in [4.69, 9.17) is 0 Å². The van der Waals surface area contributed by atoms with Crippen LogP contribution in [-0.4, -0.2) is 13.3 Å². The van der Waals surface area contributed by atoms with Crippen LogP contribution in [0.15, 0.2) is 47.4 Å². The summed E-state index contributed by atoms with van der Waals surface area (Å²) >= 11 is 0. The van der Waals surface area contributed by atoms with E-state index in [1.807, 2.05) is 0 Å². The fraction of sp³-hybridized carbons (Fsp3) is 0. The molecular formula is C12H8F2N2O4S. The highest BCUT2D eigenvalue weighted by Gasteiger charge is 2.20. The molecule has 21 heavy (non-hydrogen) atoms. The number of halogens is 2. The smallest absolute Gasteiger partial charge is 0.280 e. The minimum absolute atomic E-state index is 0.0789. The van der Waals surface area contributed by atoms with Gasteiger partial charge in [-0.3, -0.25) is 14.8 Å². The van der Waals surface area contributed by atoms with Crippen molar-refractivity contribution >= 4 is 21.4 Å². The predicted octanol–water partition coefficient (Wildman–Crippen LogP) is 2.67. The monoisotopic (exact) mass is 314 g/mol. The van der Waals surface area contributed by atoms with Gasteiger partial charge in [0.25, 0.3) is 10.0 Å². The molecule has 0 aliphatic rings. The average molecular weight is 314 g/mol. The molecule has 0 saturated carbocycles. The predicted molar refractivity (Wildman–Crippen MR) is 70.3 cm³/mol. The molecule has 0 aliphatic heterocycles. The lowest BCUT2D eigenvalue weighted by molar-refractivity contribution is -0.387. The highest BCUT2D eigenvalue weighted by atomic mass is 32.2. The van der Waals surface area contributed by atoms with E-state index in [2.05, 4.69) is 4.72 Å². The minimum Gasteiger partial charge on any atom is -0.280 e. The van der Waals surface area contributed by atoms with Crippen LogP contribution in [0.5, 0.6) is 0 Å². The second-order valence-corrected chi connectivity index (χ2v) is 5.67. The van der Waals surface area contributed by atoms with Gasteiger partial charge in [-0.25, -0.2) is 12.8 Å². The van der Waals surface area contributed by atoms with Crippen molar-refractivity contribution in [3.63, 3.8) is 0 Å². The Balaban J connectivity index is 2.33. The van der Waals surface area contributed by atoms with Crippen LogP contribution in [0.2, 0.25) is 0 Å². The number of nitro groups is 1. The van der Waals surface area contributed by atoms with Crippen LogP contribution in [0.3, 0.4) is 0 Å². The highest BCUT2D eigenvalue weighted by Crippen LogP contribution is 2.22. The van der Waals surface area contributed by atoms with Crippen LogP contribution in [0, 0.1) is 21.7 Å². The van der Waals surface area contributed by atoms with Crippen LogP contribution in [0.1, 0.15) is 0 Å². The van der Waals surface area contributed by atoms with Crippen LogP contribution >= 0.6 is 0 Å². The van der Waals surface area contributed by atoms with Crippen LogP contribution in [-0.2, 0) is 10.0 Å². The van der Waals surface area contributed by atoms with Gasteiger partial charge in [0.2, 0.25) is 5.82 Å². The molecule has 9 heteroatoms. The van der Waals surface area contributed by atoms with Gasteiger partial charge >= 0.3 is 5.69 Å². The van der Waals surface area contributed by atoms with Gasteiger partial charge in [0.15, 0.2) is 0 Å². The lowest BCUT2D eigenvalue weighted by Gasteiger charge is -2.08. The van der Waals surface area contributed by atoms with Crippen molar-refractivity contribution in [1.82, 2.24) is 0 Å². The zero-order valence-corrected chi connectivity index (χ0v) is 11.1. The van der Waals surface area contributed by atoms with Crippen molar-refractivity contribution in [3.05, 3.63) is 64.2 Å². The van der Waals surface area contributed by atoms with E-state index in [1.54, 1.807) is 0 Å². The zero-order chi connectivity index (χ0) is 15.6. The number of benzene rings is 2. The van der Waals surface area contributed by atoms with Gasteiger partial charge in [0.05, 0.1) is 9.82 Å². The summed E-state index contributed by atoms with van der Waals surface area (Å²) in [7, 11) is -4.13. The van der Waals surface area contributed by atoms with Crippen molar-refractivity contribution in [1.29, 1.82) is 0 Å². The Hall–Kier alpha value is -2.55. The van der Waals surface area contributed by atoms with Crippen LogP contribution < -0.4 is 4.72 Å². The first kappa shape index (κ1) is 14.9. The van der Waals surface area contributed by atoms with E-state index in [1.165, 1.54) is 12.1 Å². The number of nitrogens with one attached hydrogen (secondary N) is 1. The first-order valence-corrected chi connectivity index (χ1v) is 7.00. The topological polar surface area (TPSA) is 89.3 Å². The van der Waals surface area contributed by atoms with Crippen molar-refractivity contribution < 1.29 is 22.1 Å². The molecule has 2 rings (SSSR count). The normalized spacial score (nSPS) is 11.1. The van der Waals surface area contributed by atoms with E-state index in [-0.39, 0.29) is 5.69 Å². The number of hydrogen-bond donors (Lipinski definition) is 1. The van der Waals surface area contributed by atoms with Crippen molar-refractivity contribution in [2.24, 2.45) is 0 Å². The summed E-state index contributed by atoms with van der Waals surface area (Å²) in [5, 5.41) is 10.5. The van der Waals surface area contributed by atoms with Gasteiger partial charge < -0.3 is 0 Å². The molecule has 0 unspecified atom stereocenters. The number of anilines is 1. The quantitative estimate of drug-likeness (QED) is 0.694. The third-order valence-corrected chi connectivity index (χ3v) is 3.90. The molecule has 0 heterocycles. The van der Waals surface area contributed by atoms with Gasteiger partial charge in [-0.05, 0) is 30.3 Å². The Kier molecular flexibility index (Phi) is 3.85. The standard InChI is InChI=1S/C12H8F2N2O4S/c13-8-1-3-9(4-2-8)15-21(19,20)10-5-6-12(16(17)18)11(14)7-10/h1-7,15H. The lowest BCUT2D eigenvalue weighted by Crippen LogP contribution is -2.13. The van der Waals surface area contributed by atoms with Crippen LogP contribution in [0.4, 0.5) is 20.2 Å². The summed E-state index contributed by atoms with van der Waals surface area (Å²) in [6.45, 7) is 0. The SMILES string of the molecule is O=[N+]([O-])c1ccc(S(=O)(=O)Nc2ccc(F)cc2)cc1F. The van der Waals surface area contributed by atoms with Gasteiger partial charge in [0.1, 0.15) is 5.82 Å². The number of sulfonamides is 1. The van der Waals surface area contributed by atoms with Crippen molar-refractivity contribution in [2.75, 3.05) is 4.72 Å². The fourth-order valence-electron chi connectivity index (χ4n) is 1.53. The Morgan fingerprint density at radius 3 is 2.19 bits per heavy atom. The minimum atomic E-state index is -4.13. The summed E-state index contributed by atoms with van der Waals surface area (Å²) < 4.78 is 52.2. The van der Waals surface area contributed by atoms with E-state index >= 15 is 0 Å². The molecule has 6 nitrogen and oxygen atoms in total. The first-order valence-electron chi connectivity index (χ1n) is 5.52. The van der Waals surface area contributed by atoms with E-state index in [9.17, 15) is 27.3 Å². The molecule has 110 valence electrons. The Bertz CT molecular complexity index is 791. The molecule has 0 spiro atoms. The Labute approximate surface area is 118 Å². The summed E-state index contributed by atoms with van der Waals surface area (Å²) in [5.41, 5.74) is -0.745. The van der Waals surface area contributed by atoms with E-state index < -0.39 is 37.2 Å². The average Bonchev–Trinajstić information content (AvgIpc) is 2.40. The molecule has 0 aromatic heterocycles. The summed E-state index contributed by atoms with van der Waals surface area (Å²) in [4.78, 5) is 9.03. The largest absolute Gasteiger partial charge is 0.304 e. The molecule has 0 atom stereocenters. The van der Waals surface area contributed by atoms with E-state index in [0.29, 0.717) is 6.07 Å². The summed E-state index contributed by atoms with van der Waals surface area (Å²) in [6, 6.07) is 6.69. The fourth-order valence-corrected chi connectivity index (χ4v) is 2.60. The Morgan fingerprint density at radius 1 is 1.05 bits per heavy atom. The third kappa shape index (κ3) is 3.31. The Morgan fingerprint density at radius 2 is 1.67 bits per heavy atom. The molecule has 0 amide bonds. The zero-order valence-electron chi connectivity index (χ0n) is 10.3. The molecule has 1 N–H and O–H groups in total.